The number of nitrogens with zero attached hydrogens (tertiary/aromatic N) is 4. The molecule has 1 aromatic carbocycles. The minimum absolute atomic E-state index is 0.0130. The molecule has 1 amide bonds. The molecule has 0 saturated heterocycles. The lowest BCUT2D eigenvalue weighted by atomic mass is 10.3. The van der Waals surface area contributed by atoms with Crippen LogP contribution in [0.25, 0.3) is 5.82 Å². The highest BCUT2D eigenvalue weighted by molar-refractivity contribution is 5.77. The summed E-state index contributed by atoms with van der Waals surface area (Å²) in [5.41, 5.74) is 1.99. The smallest absolute Gasteiger partial charge is 0.258 e. The van der Waals surface area contributed by atoms with Crippen LogP contribution in [0.1, 0.15) is 11.4 Å². The standard InChI is InChI=1S/C19H22N6O2/c1-14-15(2)25(13-24-14)18-10-17(22-12-23-18)20-8-9-21-19(26)11-27-16-6-4-3-5-7-16/h3-7,10,12-13H,8-9,11H2,1-2H3,(H,21,26)(H,20,22,23). The van der Waals surface area contributed by atoms with Crippen LogP contribution < -0.4 is 15.4 Å². The van der Waals surface area contributed by atoms with Gasteiger partial charge in [0.2, 0.25) is 0 Å². The van der Waals surface area contributed by atoms with Crippen LogP contribution in [0.2, 0.25) is 0 Å². The molecule has 8 heteroatoms. The van der Waals surface area contributed by atoms with Gasteiger partial charge in [-0.1, -0.05) is 18.2 Å². The lowest BCUT2D eigenvalue weighted by Crippen LogP contribution is -2.32. The number of nitrogens with one attached hydrogen (secondary N) is 2. The molecule has 0 aliphatic rings. The van der Waals surface area contributed by atoms with Crippen LogP contribution in [0, 0.1) is 13.8 Å². The topological polar surface area (TPSA) is 94.0 Å². The molecular formula is C19H22N6O2. The molecular weight excluding hydrogens is 344 g/mol. The van der Waals surface area contributed by atoms with Gasteiger partial charge in [-0.3, -0.25) is 9.36 Å². The van der Waals surface area contributed by atoms with Crippen molar-refractivity contribution >= 4 is 11.7 Å². The van der Waals surface area contributed by atoms with Crippen molar-refractivity contribution in [2.45, 2.75) is 13.8 Å². The summed E-state index contributed by atoms with van der Waals surface area (Å²) in [7, 11) is 0. The summed E-state index contributed by atoms with van der Waals surface area (Å²) in [6.07, 6.45) is 3.24. The van der Waals surface area contributed by atoms with Gasteiger partial charge < -0.3 is 15.4 Å². The Balaban J connectivity index is 1.43. The molecule has 0 unspecified atom stereocenters. The molecule has 27 heavy (non-hydrogen) atoms. The molecule has 2 heterocycles. The maximum absolute atomic E-state index is 11.8. The van der Waals surface area contributed by atoms with Crippen LogP contribution in [-0.4, -0.2) is 45.1 Å². The van der Waals surface area contributed by atoms with Crippen molar-refractivity contribution in [3.8, 4) is 11.6 Å². The zero-order valence-corrected chi connectivity index (χ0v) is 15.3. The molecule has 0 atom stereocenters. The fourth-order valence-corrected chi connectivity index (χ4v) is 2.41. The number of hydrogen-bond donors (Lipinski definition) is 2. The van der Waals surface area contributed by atoms with E-state index in [-0.39, 0.29) is 12.5 Å². The van der Waals surface area contributed by atoms with Gasteiger partial charge in [0.1, 0.15) is 30.0 Å². The molecule has 140 valence electrons. The van der Waals surface area contributed by atoms with Crippen molar-refractivity contribution in [2.75, 3.05) is 25.0 Å². The average molecular weight is 366 g/mol. The molecule has 0 bridgehead atoms. The predicted octanol–water partition coefficient (Wildman–Crippen LogP) is 1.89. The number of anilines is 1. The van der Waals surface area contributed by atoms with Crippen molar-refractivity contribution in [1.29, 1.82) is 0 Å². The molecule has 3 aromatic rings. The predicted molar refractivity (Wildman–Crippen MR) is 102 cm³/mol. The number of benzene rings is 1. The third kappa shape index (κ3) is 5.04. The summed E-state index contributed by atoms with van der Waals surface area (Å²) in [5, 5.41) is 5.97. The minimum atomic E-state index is -0.173. The molecule has 8 nitrogen and oxygen atoms in total. The van der Waals surface area contributed by atoms with Crippen LogP contribution in [-0.2, 0) is 4.79 Å². The molecule has 0 spiro atoms. The van der Waals surface area contributed by atoms with Crippen molar-refractivity contribution in [3.63, 3.8) is 0 Å². The number of para-hydroxylation sites is 1. The second kappa shape index (κ2) is 8.79. The van der Waals surface area contributed by atoms with Crippen LogP contribution >= 0.6 is 0 Å². The Hall–Kier alpha value is -3.42. The Morgan fingerprint density at radius 3 is 2.67 bits per heavy atom. The highest BCUT2D eigenvalue weighted by Crippen LogP contribution is 2.13. The van der Waals surface area contributed by atoms with E-state index in [1.165, 1.54) is 6.33 Å². The van der Waals surface area contributed by atoms with Crippen molar-refractivity contribution in [2.24, 2.45) is 0 Å². The first kappa shape index (κ1) is 18.4. The Bertz CT molecular complexity index is 894. The summed E-state index contributed by atoms with van der Waals surface area (Å²) in [6.45, 7) is 4.93. The Morgan fingerprint density at radius 1 is 1.11 bits per heavy atom. The number of carbonyl (C=O) groups excluding carboxylic acids is 1. The van der Waals surface area contributed by atoms with Crippen molar-refractivity contribution in [1.82, 2.24) is 24.8 Å². The van der Waals surface area contributed by atoms with Gasteiger partial charge in [-0.2, -0.15) is 0 Å². The normalized spacial score (nSPS) is 10.4. The fraction of sp³-hybridized carbons (Fsp3) is 0.263. The number of aryl methyl sites for hydroxylation is 1. The highest BCUT2D eigenvalue weighted by atomic mass is 16.5. The summed E-state index contributed by atoms with van der Waals surface area (Å²) >= 11 is 0. The first-order chi connectivity index (χ1) is 13.1. The van der Waals surface area contributed by atoms with Gasteiger partial charge in [0, 0.05) is 24.8 Å². The van der Waals surface area contributed by atoms with E-state index in [2.05, 4.69) is 25.6 Å². The number of ether oxygens (including phenoxy) is 1. The fourth-order valence-electron chi connectivity index (χ4n) is 2.41. The molecule has 0 radical (unpaired) electrons. The number of amides is 1. The molecule has 0 fully saturated rings. The van der Waals surface area contributed by atoms with Gasteiger partial charge in [0.25, 0.3) is 5.91 Å². The molecule has 0 aliphatic carbocycles. The van der Waals surface area contributed by atoms with Gasteiger partial charge in [0.05, 0.1) is 5.69 Å². The lowest BCUT2D eigenvalue weighted by Gasteiger charge is -2.10. The van der Waals surface area contributed by atoms with Gasteiger partial charge in [-0.05, 0) is 26.0 Å². The number of hydrogen-bond acceptors (Lipinski definition) is 6. The second-order valence-corrected chi connectivity index (χ2v) is 5.93. The molecule has 0 saturated carbocycles. The van der Waals surface area contributed by atoms with E-state index < -0.39 is 0 Å². The number of rotatable bonds is 8. The number of aromatic nitrogens is 4. The number of imidazole rings is 1. The van der Waals surface area contributed by atoms with E-state index in [0.29, 0.717) is 24.7 Å². The van der Waals surface area contributed by atoms with Crippen LogP contribution in [0.4, 0.5) is 5.82 Å². The third-order valence-electron chi connectivity index (χ3n) is 4.02. The number of carbonyl (C=O) groups is 1. The van der Waals surface area contributed by atoms with E-state index in [1.54, 1.807) is 6.33 Å². The SMILES string of the molecule is Cc1ncn(-c2cc(NCCNC(=O)COc3ccccc3)ncn2)c1C. The monoisotopic (exact) mass is 366 g/mol. The Kier molecular flexibility index (Phi) is 5.98. The minimum Gasteiger partial charge on any atom is -0.484 e. The van der Waals surface area contributed by atoms with Crippen LogP contribution in [0.5, 0.6) is 5.75 Å². The molecule has 2 N–H and O–H groups in total. The van der Waals surface area contributed by atoms with Gasteiger partial charge in [0.15, 0.2) is 6.61 Å². The van der Waals surface area contributed by atoms with E-state index >= 15 is 0 Å². The maximum Gasteiger partial charge on any atom is 0.258 e. The van der Waals surface area contributed by atoms with Gasteiger partial charge in [-0.25, -0.2) is 15.0 Å². The largest absolute Gasteiger partial charge is 0.484 e. The summed E-state index contributed by atoms with van der Waals surface area (Å²) in [6, 6.07) is 11.1. The Morgan fingerprint density at radius 2 is 1.93 bits per heavy atom. The quantitative estimate of drug-likeness (QED) is 0.591. The summed E-state index contributed by atoms with van der Waals surface area (Å²) in [5.74, 6) is 1.92. The van der Waals surface area contributed by atoms with Crippen LogP contribution in [0.3, 0.4) is 0 Å². The average Bonchev–Trinajstić information content (AvgIpc) is 3.03. The van der Waals surface area contributed by atoms with E-state index in [0.717, 1.165) is 17.2 Å². The maximum atomic E-state index is 11.8. The van der Waals surface area contributed by atoms with Crippen LogP contribution in [0.15, 0.2) is 49.1 Å². The molecule has 2 aromatic heterocycles. The first-order valence-electron chi connectivity index (χ1n) is 8.65. The van der Waals surface area contributed by atoms with Crippen molar-refractivity contribution < 1.29 is 9.53 Å². The van der Waals surface area contributed by atoms with Crippen molar-refractivity contribution in [3.05, 3.63) is 60.4 Å². The summed E-state index contributed by atoms with van der Waals surface area (Å²) in [4.78, 5) is 24.6. The van der Waals surface area contributed by atoms with E-state index in [1.807, 2.05) is 54.8 Å². The molecule has 3 rings (SSSR count). The Labute approximate surface area is 157 Å². The second-order valence-electron chi connectivity index (χ2n) is 5.93. The molecule has 0 aliphatic heterocycles. The third-order valence-corrected chi connectivity index (χ3v) is 4.02. The zero-order chi connectivity index (χ0) is 19.1. The zero-order valence-electron chi connectivity index (χ0n) is 15.3. The lowest BCUT2D eigenvalue weighted by molar-refractivity contribution is -0.123. The van der Waals surface area contributed by atoms with Gasteiger partial charge >= 0.3 is 0 Å². The highest BCUT2D eigenvalue weighted by Gasteiger charge is 2.07. The van der Waals surface area contributed by atoms with E-state index in [9.17, 15) is 4.79 Å². The summed E-state index contributed by atoms with van der Waals surface area (Å²) < 4.78 is 7.31. The van der Waals surface area contributed by atoms with E-state index in [4.69, 9.17) is 4.74 Å². The first-order valence-corrected chi connectivity index (χ1v) is 8.65. The van der Waals surface area contributed by atoms with Gasteiger partial charge in [-0.15, -0.1) is 0 Å².